The van der Waals surface area contributed by atoms with Crippen LogP contribution >= 0.6 is 11.3 Å². The lowest BCUT2D eigenvalue weighted by Crippen LogP contribution is -2.09. The first-order valence-corrected chi connectivity index (χ1v) is 7.07. The number of ether oxygens (including phenoxy) is 1. The first-order chi connectivity index (χ1) is 9.90. The first kappa shape index (κ1) is 16.8. The quantitative estimate of drug-likeness (QED) is 0.358. The van der Waals surface area contributed by atoms with E-state index in [0.29, 0.717) is 22.4 Å². The summed E-state index contributed by atoms with van der Waals surface area (Å²) in [5, 5.41) is 19.6. The molecule has 0 atom stereocenters. The molecule has 21 heavy (non-hydrogen) atoms. The number of carboxylic acid groups (broad SMARTS) is 1. The summed E-state index contributed by atoms with van der Waals surface area (Å²) in [6, 6.07) is 0. The zero-order valence-electron chi connectivity index (χ0n) is 11.6. The minimum absolute atomic E-state index is 0.148. The Morgan fingerprint density at radius 1 is 1.38 bits per heavy atom. The van der Waals surface area contributed by atoms with E-state index in [-0.39, 0.29) is 18.0 Å². The summed E-state index contributed by atoms with van der Waals surface area (Å²) < 4.78 is 4.82. The Balaban J connectivity index is 3.27. The van der Waals surface area contributed by atoms with Gasteiger partial charge in [-0.2, -0.15) is 0 Å². The van der Waals surface area contributed by atoms with Gasteiger partial charge in [-0.05, 0) is 25.0 Å². The maximum Gasteiger partial charge on any atom is 0.328 e. The van der Waals surface area contributed by atoms with E-state index in [4.69, 9.17) is 9.84 Å². The van der Waals surface area contributed by atoms with Crippen LogP contribution in [0.15, 0.2) is 6.08 Å². The molecule has 0 saturated carbocycles. The highest BCUT2D eigenvalue weighted by atomic mass is 32.1. The second-order valence-electron chi connectivity index (χ2n) is 3.99. The molecule has 0 aliphatic rings. The van der Waals surface area contributed by atoms with Crippen molar-refractivity contribution in [3.8, 4) is 0 Å². The van der Waals surface area contributed by atoms with Crippen LogP contribution < -0.4 is 0 Å². The molecule has 7 nitrogen and oxygen atoms in total. The van der Waals surface area contributed by atoms with Crippen LogP contribution in [-0.2, 0) is 27.2 Å². The maximum atomic E-state index is 11.6. The van der Waals surface area contributed by atoms with E-state index >= 15 is 0 Å². The Kier molecular flexibility index (Phi) is 6.04. The van der Waals surface area contributed by atoms with E-state index in [1.807, 2.05) is 0 Å². The fourth-order valence-electron chi connectivity index (χ4n) is 1.86. The van der Waals surface area contributed by atoms with Crippen LogP contribution in [-0.4, -0.2) is 28.6 Å². The van der Waals surface area contributed by atoms with Gasteiger partial charge in [-0.1, -0.05) is 18.3 Å². The highest BCUT2D eigenvalue weighted by molar-refractivity contribution is 7.16. The third-order valence-corrected chi connectivity index (χ3v) is 3.84. The third-order valence-electron chi connectivity index (χ3n) is 2.65. The Morgan fingerprint density at radius 2 is 2.05 bits per heavy atom. The molecule has 1 heterocycles. The number of hydrogen-bond donors (Lipinski definition) is 1. The average molecular weight is 313 g/mol. The van der Waals surface area contributed by atoms with Gasteiger partial charge in [0.2, 0.25) is 0 Å². The Hall–Kier alpha value is -2.22. The molecule has 0 aromatic carbocycles. The lowest BCUT2D eigenvalue weighted by Gasteiger charge is -2.03. The number of hydrogen-bond acceptors (Lipinski definition) is 6. The van der Waals surface area contributed by atoms with E-state index in [1.54, 1.807) is 13.8 Å². The smallest absolute Gasteiger partial charge is 0.328 e. The molecule has 0 amide bonds. The Labute approximate surface area is 125 Å². The lowest BCUT2D eigenvalue weighted by atomic mass is 10.0. The molecule has 1 aromatic rings. The molecular weight excluding hydrogens is 298 g/mol. The number of rotatable bonds is 7. The average Bonchev–Trinajstić information content (AvgIpc) is 2.74. The summed E-state index contributed by atoms with van der Waals surface area (Å²) >= 11 is 0.864. The normalized spacial score (nSPS) is 10.8. The van der Waals surface area contributed by atoms with Crippen molar-refractivity contribution in [1.82, 2.24) is 0 Å². The number of thiophene rings is 1. The van der Waals surface area contributed by atoms with Crippen molar-refractivity contribution in [3.63, 3.8) is 0 Å². The van der Waals surface area contributed by atoms with Gasteiger partial charge in [0.05, 0.1) is 23.5 Å². The topological polar surface area (TPSA) is 107 Å². The van der Waals surface area contributed by atoms with Gasteiger partial charge in [-0.25, -0.2) is 4.79 Å². The van der Waals surface area contributed by atoms with Crippen LogP contribution in [0.3, 0.4) is 0 Å². The molecule has 0 bridgehead atoms. The number of aliphatic carboxylic acids is 1. The number of carbonyl (C=O) groups is 2. The van der Waals surface area contributed by atoms with Crippen LogP contribution in [0.5, 0.6) is 0 Å². The molecule has 1 N–H and O–H groups in total. The molecule has 0 aliphatic carbocycles. The third kappa shape index (κ3) is 4.38. The van der Waals surface area contributed by atoms with Gasteiger partial charge in [-0.15, -0.1) is 0 Å². The van der Waals surface area contributed by atoms with Gasteiger partial charge in [-0.3, -0.25) is 14.9 Å². The Bertz CT molecular complexity index is 590. The molecule has 0 aliphatic heterocycles. The van der Waals surface area contributed by atoms with Gasteiger partial charge >= 0.3 is 16.9 Å². The van der Waals surface area contributed by atoms with Crippen molar-refractivity contribution in [1.29, 1.82) is 0 Å². The van der Waals surface area contributed by atoms with Crippen molar-refractivity contribution >= 4 is 34.4 Å². The molecule has 1 rings (SSSR count). The molecule has 0 fully saturated rings. The molecule has 114 valence electrons. The highest BCUT2D eigenvalue weighted by Gasteiger charge is 2.26. The van der Waals surface area contributed by atoms with Crippen LogP contribution in [0.25, 0.3) is 6.08 Å². The van der Waals surface area contributed by atoms with Gasteiger partial charge in [0.25, 0.3) is 0 Å². The summed E-state index contributed by atoms with van der Waals surface area (Å²) in [5.74, 6) is -1.68. The molecule has 1 aromatic heterocycles. The van der Waals surface area contributed by atoms with Crippen molar-refractivity contribution in [2.45, 2.75) is 26.7 Å². The van der Waals surface area contributed by atoms with Crippen molar-refractivity contribution in [2.75, 3.05) is 6.61 Å². The minimum atomic E-state index is -1.14. The molecule has 8 heteroatoms. The van der Waals surface area contributed by atoms with Crippen molar-refractivity contribution < 1.29 is 24.4 Å². The van der Waals surface area contributed by atoms with E-state index in [0.717, 1.165) is 17.4 Å². The predicted octanol–water partition coefficient (Wildman–Crippen LogP) is 2.42. The summed E-state index contributed by atoms with van der Waals surface area (Å²) in [6.45, 7) is 3.64. The highest BCUT2D eigenvalue weighted by Crippen LogP contribution is 2.37. The monoisotopic (exact) mass is 313 g/mol. The first-order valence-electron chi connectivity index (χ1n) is 6.26. The standard InChI is InChI=1S/C13H15NO6S/c1-3-8-9(7-12(17)20-4-2)13(14(18)19)21-10(8)5-6-11(15)16/h5-6H,3-4,7H2,1-2H3,(H,15,16). The summed E-state index contributed by atoms with van der Waals surface area (Å²) in [4.78, 5) is 33.2. The maximum absolute atomic E-state index is 11.6. The van der Waals surface area contributed by atoms with Gasteiger partial charge in [0.1, 0.15) is 0 Å². The van der Waals surface area contributed by atoms with Gasteiger partial charge < -0.3 is 9.84 Å². The van der Waals surface area contributed by atoms with E-state index < -0.39 is 16.9 Å². The fourth-order valence-corrected chi connectivity index (χ4v) is 2.99. The molecule has 0 radical (unpaired) electrons. The predicted molar refractivity (Wildman–Crippen MR) is 77.4 cm³/mol. The second kappa shape index (κ2) is 7.53. The summed E-state index contributed by atoms with van der Waals surface area (Å²) in [5.41, 5.74) is 0.910. The van der Waals surface area contributed by atoms with E-state index in [2.05, 4.69) is 0 Å². The van der Waals surface area contributed by atoms with Crippen LogP contribution in [0.4, 0.5) is 5.00 Å². The summed E-state index contributed by atoms with van der Waals surface area (Å²) in [7, 11) is 0. The largest absolute Gasteiger partial charge is 0.478 e. The van der Waals surface area contributed by atoms with Crippen LogP contribution in [0.2, 0.25) is 0 Å². The number of carboxylic acids is 1. The number of nitrogens with zero attached hydrogens (tertiary/aromatic N) is 1. The van der Waals surface area contributed by atoms with E-state index in [9.17, 15) is 19.7 Å². The SMILES string of the molecule is CCOC(=O)Cc1c([N+](=O)[O-])sc(C=CC(=O)O)c1CC. The lowest BCUT2D eigenvalue weighted by molar-refractivity contribution is -0.380. The van der Waals surface area contributed by atoms with Crippen LogP contribution in [0, 0.1) is 10.1 Å². The van der Waals surface area contributed by atoms with E-state index in [1.165, 1.54) is 6.08 Å². The second-order valence-corrected chi connectivity index (χ2v) is 5.02. The Morgan fingerprint density at radius 3 is 2.52 bits per heavy atom. The number of esters is 1. The fraction of sp³-hybridized carbons (Fsp3) is 0.385. The molecular formula is C13H15NO6S. The van der Waals surface area contributed by atoms with Gasteiger partial charge in [0, 0.05) is 11.0 Å². The number of carbonyl (C=O) groups excluding carboxylic acids is 1. The number of nitro groups is 1. The zero-order chi connectivity index (χ0) is 16.0. The molecule has 0 unspecified atom stereocenters. The van der Waals surface area contributed by atoms with Crippen molar-refractivity contribution in [2.24, 2.45) is 0 Å². The summed E-state index contributed by atoms with van der Waals surface area (Å²) in [6.07, 6.45) is 2.50. The van der Waals surface area contributed by atoms with Gasteiger partial charge in [0.15, 0.2) is 0 Å². The minimum Gasteiger partial charge on any atom is -0.478 e. The van der Waals surface area contributed by atoms with Crippen LogP contribution in [0.1, 0.15) is 29.9 Å². The van der Waals surface area contributed by atoms with Crippen molar-refractivity contribution in [3.05, 3.63) is 32.2 Å². The molecule has 0 saturated heterocycles. The molecule has 0 spiro atoms. The zero-order valence-corrected chi connectivity index (χ0v) is 12.4.